The van der Waals surface area contributed by atoms with Gasteiger partial charge < -0.3 is 4.90 Å². The van der Waals surface area contributed by atoms with Crippen molar-refractivity contribution >= 4 is 5.78 Å². The summed E-state index contributed by atoms with van der Waals surface area (Å²) in [7, 11) is 3.47. The number of hydrogen-bond acceptors (Lipinski definition) is 2. The van der Waals surface area contributed by atoms with E-state index >= 15 is 0 Å². The second-order valence-electron chi connectivity index (χ2n) is 2.32. The molecular formula is C6H11F2NO. The first-order chi connectivity index (χ1) is 4.54. The van der Waals surface area contributed by atoms with Gasteiger partial charge in [-0.2, -0.15) is 0 Å². The highest BCUT2D eigenvalue weighted by Gasteiger charge is 2.14. The zero-order valence-electron chi connectivity index (χ0n) is 6.10. The molecule has 0 atom stereocenters. The second-order valence-corrected chi connectivity index (χ2v) is 2.32. The van der Waals surface area contributed by atoms with Crippen LogP contribution in [0, 0.1) is 0 Å². The summed E-state index contributed by atoms with van der Waals surface area (Å²) in [6.45, 7) is 0.392. The number of Topliss-reactive ketones (excluding diaryl/α,β-unsaturated/α-hetero) is 1. The maximum atomic E-state index is 11.5. The van der Waals surface area contributed by atoms with Gasteiger partial charge in [0, 0.05) is 13.0 Å². The molecule has 0 aromatic rings. The van der Waals surface area contributed by atoms with Crippen LogP contribution in [0.15, 0.2) is 0 Å². The number of rotatable bonds is 4. The quantitative estimate of drug-likeness (QED) is 0.591. The number of hydrogen-bond donors (Lipinski definition) is 0. The van der Waals surface area contributed by atoms with Gasteiger partial charge in [0.15, 0.2) is 5.78 Å². The van der Waals surface area contributed by atoms with Crippen molar-refractivity contribution in [1.29, 1.82) is 0 Å². The molecule has 0 bridgehead atoms. The molecule has 0 fully saturated rings. The molecule has 0 aromatic heterocycles. The number of halogens is 2. The van der Waals surface area contributed by atoms with Crippen molar-refractivity contribution < 1.29 is 13.6 Å². The predicted molar refractivity (Wildman–Crippen MR) is 34.2 cm³/mol. The molecule has 0 heterocycles. The molecule has 10 heavy (non-hydrogen) atoms. The summed E-state index contributed by atoms with van der Waals surface area (Å²) in [4.78, 5) is 12.0. The van der Waals surface area contributed by atoms with Gasteiger partial charge in [-0.15, -0.1) is 0 Å². The van der Waals surface area contributed by atoms with E-state index in [0.717, 1.165) is 0 Å². The van der Waals surface area contributed by atoms with Gasteiger partial charge in [-0.1, -0.05) is 0 Å². The van der Waals surface area contributed by atoms with Gasteiger partial charge in [-0.3, -0.25) is 4.79 Å². The minimum absolute atomic E-state index is 0.0648. The van der Waals surface area contributed by atoms with E-state index in [1.807, 2.05) is 0 Å². The molecule has 0 aliphatic rings. The Balaban J connectivity index is 3.40. The first-order valence-corrected chi connectivity index (χ1v) is 2.99. The molecule has 0 aromatic carbocycles. The van der Waals surface area contributed by atoms with Crippen LogP contribution in [0.3, 0.4) is 0 Å². The summed E-state index contributed by atoms with van der Waals surface area (Å²) in [5, 5.41) is 0. The first-order valence-electron chi connectivity index (χ1n) is 2.99. The van der Waals surface area contributed by atoms with Crippen LogP contribution in [0.25, 0.3) is 0 Å². The van der Waals surface area contributed by atoms with Crippen molar-refractivity contribution in [3.63, 3.8) is 0 Å². The van der Waals surface area contributed by atoms with E-state index in [2.05, 4.69) is 0 Å². The molecule has 2 nitrogen and oxygen atoms in total. The second kappa shape index (κ2) is 4.33. The fourth-order valence-corrected chi connectivity index (χ4v) is 0.443. The number of carbonyl (C=O) groups is 1. The third-order valence-corrected chi connectivity index (χ3v) is 1.05. The van der Waals surface area contributed by atoms with E-state index in [9.17, 15) is 13.6 Å². The summed E-state index contributed by atoms with van der Waals surface area (Å²) in [5.41, 5.74) is 0. The minimum atomic E-state index is -2.81. The van der Waals surface area contributed by atoms with Crippen LogP contribution in [0.2, 0.25) is 0 Å². The molecule has 0 N–H and O–H groups in total. The lowest BCUT2D eigenvalue weighted by Gasteiger charge is -2.06. The van der Waals surface area contributed by atoms with Gasteiger partial charge in [-0.25, -0.2) is 8.78 Å². The van der Waals surface area contributed by atoms with Crippen LogP contribution in [-0.4, -0.2) is 37.7 Å². The van der Waals surface area contributed by atoms with Gasteiger partial charge in [0.05, 0.1) is 0 Å². The van der Waals surface area contributed by atoms with Crippen molar-refractivity contribution in [3.8, 4) is 0 Å². The van der Waals surface area contributed by atoms with E-state index in [1.54, 1.807) is 19.0 Å². The van der Waals surface area contributed by atoms with E-state index in [0.29, 0.717) is 6.54 Å². The lowest BCUT2D eigenvalue weighted by atomic mass is 10.3. The zero-order valence-corrected chi connectivity index (χ0v) is 6.10. The molecule has 60 valence electrons. The van der Waals surface area contributed by atoms with Crippen LogP contribution in [0.4, 0.5) is 8.78 Å². The van der Waals surface area contributed by atoms with E-state index in [-0.39, 0.29) is 6.42 Å². The van der Waals surface area contributed by atoms with Crippen LogP contribution in [0.5, 0.6) is 0 Å². The Morgan fingerprint density at radius 2 is 2.00 bits per heavy atom. The SMILES string of the molecule is CN(C)CCC(=O)C(F)F. The Morgan fingerprint density at radius 3 is 2.30 bits per heavy atom. The van der Waals surface area contributed by atoms with Crippen LogP contribution in [-0.2, 0) is 4.79 Å². The Hall–Kier alpha value is -0.510. The maximum Gasteiger partial charge on any atom is 0.296 e. The Bertz CT molecular complexity index is 114. The number of ketones is 1. The largest absolute Gasteiger partial charge is 0.309 e. The highest BCUT2D eigenvalue weighted by Crippen LogP contribution is 1.98. The van der Waals surface area contributed by atoms with Crippen LogP contribution in [0.1, 0.15) is 6.42 Å². The Labute approximate surface area is 58.8 Å². The third kappa shape index (κ3) is 4.38. The summed E-state index contributed by atoms with van der Waals surface area (Å²) < 4.78 is 23.0. The molecule has 0 rings (SSSR count). The van der Waals surface area contributed by atoms with E-state index in [1.165, 1.54) is 0 Å². The van der Waals surface area contributed by atoms with Gasteiger partial charge in [0.1, 0.15) is 0 Å². The van der Waals surface area contributed by atoms with Gasteiger partial charge in [-0.05, 0) is 14.1 Å². The standard InChI is InChI=1S/C6H11F2NO/c1-9(2)4-3-5(10)6(7)8/h6H,3-4H2,1-2H3. The van der Waals surface area contributed by atoms with Crippen molar-refractivity contribution in [2.75, 3.05) is 20.6 Å². The summed E-state index contributed by atoms with van der Waals surface area (Å²) in [5.74, 6) is -0.978. The lowest BCUT2D eigenvalue weighted by Crippen LogP contribution is -2.20. The van der Waals surface area contributed by atoms with E-state index in [4.69, 9.17) is 0 Å². The normalized spacial score (nSPS) is 11.0. The topological polar surface area (TPSA) is 20.3 Å². The first kappa shape index (κ1) is 9.49. The summed E-state index contributed by atoms with van der Waals surface area (Å²) in [6, 6.07) is 0. The molecular weight excluding hydrogens is 140 g/mol. The monoisotopic (exact) mass is 151 g/mol. The van der Waals surface area contributed by atoms with Gasteiger partial charge >= 0.3 is 0 Å². The predicted octanol–water partition coefficient (Wildman–Crippen LogP) is 0.772. The minimum Gasteiger partial charge on any atom is -0.309 e. The Kier molecular flexibility index (Phi) is 4.11. The van der Waals surface area contributed by atoms with Crippen molar-refractivity contribution in [2.24, 2.45) is 0 Å². The van der Waals surface area contributed by atoms with Gasteiger partial charge in [0.2, 0.25) is 0 Å². The van der Waals surface area contributed by atoms with Crippen LogP contribution < -0.4 is 0 Å². The molecule has 0 spiro atoms. The molecule has 0 aliphatic heterocycles. The average molecular weight is 151 g/mol. The van der Waals surface area contributed by atoms with E-state index < -0.39 is 12.2 Å². The van der Waals surface area contributed by atoms with Crippen molar-refractivity contribution in [2.45, 2.75) is 12.8 Å². The highest BCUT2D eigenvalue weighted by molar-refractivity contribution is 5.81. The zero-order chi connectivity index (χ0) is 8.15. The molecule has 0 saturated carbocycles. The molecule has 0 radical (unpaired) electrons. The third-order valence-electron chi connectivity index (χ3n) is 1.05. The number of carbonyl (C=O) groups excluding carboxylic acids is 1. The summed E-state index contributed by atoms with van der Waals surface area (Å²) in [6.07, 6.45) is -2.87. The lowest BCUT2D eigenvalue weighted by molar-refractivity contribution is -0.129. The fourth-order valence-electron chi connectivity index (χ4n) is 0.443. The number of alkyl halides is 2. The summed E-state index contributed by atoms with van der Waals surface area (Å²) >= 11 is 0. The molecule has 0 amide bonds. The molecule has 4 heteroatoms. The average Bonchev–Trinajstić information content (AvgIpc) is 1.82. The molecule has 0 aliphatic carbocycles. The van der Waals surface area contributed by atoms with Crippen molar-refractivity contribution in [1.82, 2.24) is 4.90 Å². The molecule has 0 unspecified atom stereocenters. The molecule has 0 saturated heterocycles. The van der Waals surface area contributed by atoms with Crippen LogP contribution >= 0.6 is 0 Å². The highest BCUT2D eigenvalue weighted by atomic mass is 19.3. The number of nitrogens with zero attached hydrogens (tertiary/aromatic N) is 1. The fraction of sp³-hybridized carbons (Fsp3) is 0.833. The smallest absolute Gasteiger partial charge is 0.296 e. The van der Waals surface area contributed by atoms with Crippen molar-refractivity contribution in [3.05, 3.63) is 0 Å². The maximum absolute atomic E-state index is 11.5. The Morgan fingerprint density at radius 1 is 1.50 bits per heavy atom. The van der Waals surface area contributed by atoms with Gasteiger partial charge in [0.25, 0.3) is 6.43 Å².